The van der Waals surface area contributed by atoms with Gasteiger partial charge in [-0.15, -0.1) is 5.10 Å². The van der Waals surface area contributed by atoms with E-state index < -0.39 is 23.6 Å². The summed E-state index contributed by atoms with van der Waals surface area (Å²) in [4.78, 5) is 15.8. The highest BCUT2D eigenvalue weighted by atomic mass is 19.2. The summed E-state index contributed by atoms with van der Waals surface area (Å²) in [5.74, 6) is -2.49. The molecule has 0 bridgehead atoms. The van der Waals surface area contributed by atoms with Crippen LogP contribution in [-0.4, -0.2) is 38.3 Å². The molecule has 1 unspecified atom stereocenters. The van der Waals surface area contributed by atoms with Gasteiger partial charge in [-0.05, 0) is 39.8 Å². The minimum absolute atomic E-state index is 0.0886. The fourth-order valence-corrected chi connectivity index (χ4v) is 3.13. The quantitative estimate of drug-likeness (QED) is 0.455. The Bertz CT molecular complexity index is 1290. The van der Waals surface area contributed by atoms with Crippen LogP contribution in [0.4, 0.5) is 14.6 Å². The number of anilines is 1. The molecule has 0 saturated carbocycles. The van der Waals surface area contributed by atoms with Crippen molar-refractivity contribution in [2.45, 2.75) is 6.04 Å². The first-order valence-corrected chi connectivity index (χ1v) is 9.33. The third kappa shape index (κ3) is 3.76. The molecule has 1 atom stereocenters. The van der Waals surface area contributed by atoms with Crippen LogP contribution in [0.2, 0.25) is 0 Å². The van der Waals surface area contributed by atoms with Crippen LogP contribution in [0, 0.1) is 11.6 Å². The molecule has 32 heavy (non-hydrogen) atoms. The number of hydrogen-bond acceptors (Lipinski definition) is 8. The Balaban J connectivity index is 1.74. The number of tetrazole rings is 1. The molecule has 0 spiro atoms. The van der Waals surface area contributed by atoms with E-state index in [1.54, 1.807) is 36.5 Å². The Morgan fingerprint density at radius 2 is 1.88 bits per heavy atom. The van der Waals surface area contributed by atoms with E-state index in [4.69, 9.17) is 11.5 Å². The highest BCUT2D eigenvalue weighted by Crippen LogP contribution is 2.30. The first-order chi connectivity index (χ1) is 15.4. The number of rotatable bonds is 5. The Hall–Kier alpha value is -4.25. The van der Waals surface area contributed by atoms with E-state index >= 15 is 0 Å². The maximum atomic E-state index is 14.3. The molecule has 4 rings (SSSR count). The molecule has 2 heterocycles. The van der Waals surface area contributed by atoms with Gasteiger partial charge in [-0.25, -0.2) is 13.8 Å². The molecule has 162 valence electrons. The highest BCUT2D eigenvalue weighted by Gasteiger charge is 2.20. The van der Waals surface area contributed by atoms with Crippen molar-refractivity contribution in [3.63, 3.8) is 0 Å². The number of nitrogens with zero attached hydrogens (tertiary/aromatic N) is 5. The SMILES string of the molecule is COC(=O)C(N)c1ccc(-c2cnc(N)c(-c3nnnn3-c3cccc(F)c3F)c2)cc1. The van der Waals surface area contributed by atoms with Crippen LogP contribution in [0.15, 0.2) is 54.7 Å². The van der Waals surface area contributed by atoms with E-state index in [-0.39, 0.29) is 17.3 Å². The minimum atomic E-state index is -1.10. The van der Waals surface area contributed by atoms with Gasteiger partial charge in [0, 0.05) is 11.8 Å². The second kappa shape index (κ2) is 8.47. The van der Waals surface area contributed by atoms with Crippen LogP contribution >= 0.6 is 0 Å². The molecular weight excluding hydrogens is 420 g/mol. The van der Waals surface area contributed by atoms with Gasteiger partial charge in [0.2, 0.25) is 0 Å². The van der Waals surface area contributed by atoms with Gasteiger partial charge in [0.05, 0.1) is 12.7 Å². The molecule has 0 amide bonds. The van der Waals surface area contributed by atoms with E-state index in [9.17, 15) is 13.6 Å². The molecule has 0 aliphatic carbocycles. The lowest BCUT2D eigenvalue weighted by Crippen LogP contribution is -2.22. The lowest BCUT2D eigenvalue weighted by Gasteiger charge is -2.12. The van der Waals surface area contributed by atoms with Gasteiger partial charge in [0.25, 0.3) is 0 Å². The first kappa shape index (κ1) is 21.0. The van der Waals surface area contributed by atoms with Crippen LogP contribution < -0.4 is 11.5 Å². The second-order valence-electron chi connectivity index (χ2n) is 6.77. The Morgan fingerprint density at radius 3 is 2.59 bits per heavy atom. The second-order valence-corrected chi connectivity index (χ2v) is 6.77. The first-order valence-electron chi connectivity index (χ1n) is 9.33. The van der Waals surface area contributed by atoms with Crippen molar-refractivity contribution in [3.8, 4) is 28.2 Å². The summed E-state index contributed by atoms with van der Waals surface area (Å²) in [6.07, 6.45) is 1.55. The number of esters is 1. The van der Waals surface area contributed by atoms with E-state index in [1.165, 1.54) is 19.2 Å². The number of aromatic nitrogens is 5. The Labute approximate surface area is 180 Å². The van der Waals surface area contributed by atoms with Crippen LogP contribution in [-0.2, 0) is 9.53 Å². The number of benzene rings is 2. The van der Waals surface area contributed by atoms with E-state index in [2.05, 4.69) is 25.2 Å². The molecule has 2 aromatic heterocycles. The monoisotopic (exact) mass is 437 g/mol. The van der Waals surface area contributed by atoms with E-state index in [0.29, 0.717) is 16.7 Å². The number of hydrogen-bond donors (Lipinski definition) is 2. The van der Waals surface area contributed by atoms with Crippen molar-refractivity contribution in [2.24, 2.45) is 5.73 Å². The van der Waals surface area contributed by atoms with Gasteiger partial charge in [0.15, 0.2) is 17.5 Å². The molecule has 0 saturated heterocycles. The molecule has 0 fully saturated rings. The summed E-state index contributed by atoms with van der Waals surface area (Å²) < 4.78 is 33.7. The zero-order valence-electron chi connectivity index (χ0n) is 16.7. The van der Waals surface area contributed by atoms with E-state index in [0.717, 1.165) is 16.3 Å². The zero-order valence-corrected chi connectivity index (χ0v) is 16.7. The predicted octanol–water partition coefficient (Wildman–Crippen LogP) is 2.42. The topological polar surface area (TPSA) is 135 Å². The van der Waals surface area contributed by atoms with Gasteiger partial charge in [-0.2, -0.15) is 4.68 Å². The van der Waals surface area contributed by atoms with Gasteiger partial charge < -0.3 is 16.2 Å². The van der Waals surface area contributed by atoms with Crippen molar-refractivity contribution in [2.75, 3.05) is 12.8 Å². The maximum absolute atomic E-state index is 14.3. The fraction of sp³-hybridized carbons (Fsp3) is 0.0952. The highest BCUT2D eigenvalue weighted by molar-refractivity contribution is 5.79. The average Bonchev–Trinajstić information content (AvgIpc) is 3.29. The summed E-state index contributed by atoms with van der Waals surface area (Å²) in [6.45, 7) is 0. The van der Waals surface area contributed by atoms with E-state index in [1.807, 2.05) is 0 Å². The lowest BCUT2D eigenvalue weighted by molar-refractivity contribution is -0.142. The number of nitrogens with two attached hydrogens (primary N) is 2. The number of pyridine rings is 1. The zero-order chi connectivity index (χ0) is 22.8. The fourth-order valence-electron chi connectivity index (χ4n) is 3.13. The molecule has 0 aliphatic rings. The van der Waals surface area contributed by atoms with Gasteiger partial charge in [0.1, 0.15) is 17.5 Å². The van der Waals surface area contributed by atoms with Crippen molar-refractivity contribution >= 4 is 11.8 Å². The summed E-state index contributed by atoms with van der Waals surface area (Å²) >= 11 is 0. The lowest BCUT2D eigenvalue weighted by atomic mass is 10.0. The minimum Gasteiger partial charge on any atom is -0.468 e. The molecule has 4 aromatic rings. The largest absolute Gasteiger partial charge is 0.468 e. The standard InChI is InChI=1S/C21H17F2N7O2/c1-32-21(31)18(24)12-7-5-11(6-8-12)13-9-14(19(25)26-10-13)20-27-28-29-30(20)16-4-2-3-15(22)17(16)23/h2-10,18H,24H2,1H3,(H2,25,26). The van der Waals surface area contributed by atoms with Gasteiger partial charge >= 0.3 is 5.97 Å². The third-order valence-electron chi connectivity index (χ3n) is 4.85. The van der Waals surface area contributed by atoms with Crippen LogP contribution in [0.5, 0.6) is 0 Å². The number of carbonyl (C=O) groups is 1. The van der Waals surface area contributed by atoms with Crippen molar-refractivity contribution in [1.82, 2.24) is 25.2 Å². The number of carbonyl (C=O) groups excluding carboxylic acids is 1. The molecule has 9 nitrogen and oxygen atoms in total. The summed E-state index contributed by atoms with van der Waals surface area (Å²) in [5.41, 5.74) is 14.0. The maximum Gasteiger partial charge on any atom is 0.327 e. The predicted molar refractivity (Wildman–Crippen MR) is 111 cm³/mol. The smallest absolute Gasteiger partial charge is 0.327 e. The Kier molecular flexibility index (Phi) is 5.56. The number of ether oxygens (including phenoxy) is 1. The van der Waals surface area contributed by atoms with Crippen LogP contribution in [0.1, 0.15) is 11.6 Å². The normalized spacial score (nSPS) is 11.9. The van der Waals surface area contributed by atoms with Crippen LogP contribution in [0.3, 0.4) is 0 Å². The third-order valence-corrected chi connectivity index (χ3v) is 4.85. The van der Waals surface area contributed by atoms with Gasteiger partial charge in [-0.1, -0.05) is 30.3 Å². The van der Waals surface area contributed by atoms with Gasteiger partial charge in [-0.3, -0.25) is 4.79 Å². The molecule has 0 radical (unpaired) electrons. The van der Waals surface area contributed by atoms with Crippen molar-refractivity contribution in [3.05, 3.63) is 71.9 Å². The summed E-state index contributed by atoms with van der Waals surface area (Å²) in [5, 5.41) is 11.3. The Morgan fingerprint density at radius 1 is 1.12 bits per heavy atom. The number of nitrogen functional groups attached to an aromatic ring is 1. The van der Waals surface area contributed by atoms with Crippen molar-refractivity contribution < 1.29 is 18.3 Å². The molecule has 11 heteroatoms. The molecule has 4 N–H and O–H groups in total. The summed E-state index contributed by atoms with van der Waals surface area (Å²) in [7, 11) is 1.27. The summed E-state index contributed by atoms with van der Waals surface area (Å²) in [6, 6.07) is 11.4. The molecule has 2 aromatic carbocycles. The number of halogens is 2. The molecule has 0 aliphatic heterocycles. The van der Waals surface area contributed by atoms with Crippen LogP contribution in [0.25, 0.3) is 28.2 Å². The van der Waals surface area contributed by atoms with Crippen molar-refractivity contribution in [1.29, 1.82) is 0 Å². The average molecular weight is 437 g/mol. The molecular formula is C21H17F2N7O2. The number of methoxy groups -OCH3 is 1.